The van der Waals surface area contributed by atoms with E-state index in [1.165, 1.54) is 0 Å². The number of imidazole rings is 1. The van der Waals surface area contributed by atoms with Gasteiger partial charge in [-0.15, -0.1) is 0 Å². The zero-order valence-corrected chi connectivity index (χ0v) is 8.75. The number of halogens is 1. The monoisotopic (exact) mass is 219 g/mol. The Kier molecular flexibility index (Phi) is 2.74. The maximum Gasteiger partial charge on any atom is 0.127 e. The number of nitrogens with zero attached hydrogens (tertiary/aromatic N) is 1. The molecule has 15 heavy (non-hydrogen) atoms. The van der Waals surface area contributed by atoms with E-state index in [9.17, 15) is 0 Å². The minimum Gasteiger partial charge on any atom is -0.340 e. The van der Waals surface area contributed by atoms with Crippen LogP contribution in [0.15, 0.2) is 37.3 Å². The first kappa shape index (κ1) is 9.80. The van der Waals surface area contributed by atoms with Crippen molar-refractivity contribution in [1.82, 2.24) is 9.97 Å². The molecule has 0 saturated carbocycles. The molecule has 0 aliphatic carbocycles. The number of nitrogens with one attached hydrogen (secondary N) is 2. The summed E-state index contributed by atoms with van der Waals surface area (Å²) in [6, 6.07) is 5.58. The van der Waals surface area contributed by atoms with E-state index in [-0.39, 0.29) is 0 Å². The standard InChI is InChI=1S/C11H10ClN3/c1-2-8-5-9(12)3-4-10(8)15-11-6-13-7-14-11/h2-7,15H,1H2,(H,13,14). The molecule has 0 amide bonds. The molecule has 1 aromatic carbocycles. The lowest BCUT2D eigenvalue weighted by Crippen LogP contribution is -1.92. The van der Waals surface area contributed by atoms with Gasteiger partial charge in [-0.3, -0.25) is 0 Å². The normalized spacial score (nSPS) is 9.93. The smallest absolute Gasteiger partial charge is 0.127 e. The molecular formula is C11H10ClN3. The summed E-state index contributed by atoms with van der Waals surface area (Å²) in [5, 5.41) is 3.88. The van der Waals surface area contributed by atoms with Crippen LogP contribution in [0.25, 0.3) is 6.08 Å². The van der Waals surface area contributed by atoms with Gasteiger partial charge in [0.05, 0.1) is 12.5 Å². The molecule has 2 N–H and O–H groups in total. The summed E-state index contributed by atoms with van der Waals surface area (Å²) in [7, 11) is 0. The third kappa shape index (κ3) is 2.19. The number of aromatic amines is 1. The average Bonchev–Trinajstić information content (AvgIpc) is 2.73. The highest BCUT2D eigenvalue weighted by Gasteiger charge is 2.01. The van der Waals surface area contributed by atoms with Crippen molar-refractivity contribution in [3.05, 3.63) is 47.9 Å². The molecule has 4 heteroatoms. The summed E-state index contributed by atoms with van der Waals surface area (Å²) in [6.07, 6.45) is 5.08. The van der Waals surface area contributed by atoms with Gasteiger partial charge in [0, 0.05) is 10.7 Å². The second kappa shape index (κ2) is 4.19. The van der Waals surface area contributed by atoms with E-state index < -0.39 is 0 Å². The zero-order valence-electron chi connectivity index (χ0n) is 8.00. The van der Waals surface area contributed by atoms with E-state index in [1.54, 1.807) is 18.6 Å². The van der Waals surface area contributed by atoms with E-state index in [2.05, 4.69) is 21.9 Å². The molecular weight excluding hydrogens is 210 g/mol. The van der Waals surface area contributed by atoms with Gasteiger partial charge in [-0.25, -0.2) is 4.98 Å². The lowest BCUT2D eigenvalue weighted by molar-refractivity contribution is 1.31. The van der Waals surface area contributed by atoms with Crippen LogP contribution in [0.2, 0.25) is 5.02 Å². The minimum atomic E-state index is 0.695. The van der Waals surface area contributed by atoms with Crippen LogP contribution in [0.4, 0.5) is 11.5 Å². The highest BCUT2D eigenvalue weighted by Crippen LogP contribution is 2.23. The van der Waals surface area contributed by atoms with Crippen molar-refractivity contribution in [1.29, 1.82) is 0 Å². The molecule has 2 aromatic rings. The first-order valence-corrected chi connectivity index (χ1v) is 4.85. The van der Waals surface area contributed by atoms with E-state index in [1.807, 2.05) is 18.2 Å². The van der Waals surface area contributed by atoms with Gasteiger partial charge in [-0.05, 0) is 23.8 Å². The number of H-pyrrole nitrogens is 1. The lowest BCUT2D eigenvalue weighted by atomic mass is 10.2. The molecule has 1 heterocycles. The fraction of sp³-hybridized carbons (Fsp3) is 0. The molecule has 76 valence electrons. The van der Waals surface area contributed by atoms with Gasteiger partial charge < -0.3 is 10.3 Å². The van der Waals surface area contributed by atoms with Crippen LogP contribution >= 0.6 is 11.6 Å². The summed E-state index contributed by atoms with van der Waals surface area (Å²) >= 11 is 5.88. The molecule has 0 aliphatic heterocycles. The van der Waals surface area contributed by atoms with E-state index in [0.717, 1.165) is 17.1 Å². The minimum absolute atomic E-state index is 0.695. The summed E-state index contributed by atoms with van der Waals surface area (Å²) in [5.41, 5.74) is 1.90. The van der Waals surface area contributed by atoms with Crippen molar-refractivity contribution in [2.75, 3.05) is 5.32 Å². The number of rotatable bonds is 3. The van der Waals surface area contributed by atoms with Gasteiger partial charge >= 0.3 is 0 Å². The van der Waals surface area contributed by atoms with Crippen LogP contribution in [0.1, 0.15) is 5.56 Å². The van der Waals surface area contributed by atoms with Gasteiger partial charge in [0.15, 0.2) is 0 Å². The third-order valence-corrected chi connectivity index (χ3v) is 2.24. The van der Waals surface area contributed by atoms with Crippen molar-refractivity contribution >= 4 is 29.2 Å². The average molecular weight is 220 g/mol. The summed E-state index contributed by atoms with van der Waals surface area (Å²) < 4.78 is 0. The molecule has 0 saturated heterocycles. The number of anilines is 2. The molecule has 0 atom stereocenters. The van der Waals surface area contributed by atoms with Crippen LogP contribution < -0.4 is 5.32 Å². The van der Waals surface area contributed by atoms with Crippen molar-refractivity contribution in [3.8, 4) is 0 Å². The Morgan fingerprint density at radius 2 is 2.33 bits per heavy atom. The summed E-state index contributed by atoms with van der Waals surface area (Å²) in [6.45, 7) is 3.74. The van der Waals surface area contributed by atoms with Gasteiger partial charge in [0.2, 0.25) is 0 Å². The topological polar surface area (TPSA) is 40.7 Å². The summed E-state index contributed by atoms with van der Waals surface area (Å²) in [4.78, 5) is 6.88. The Labute approximate surface area is 92.8 Å². The largest absolute Gasteiger partial charge is 0.340 e. The molecule has 3 nitrogen and oxygen atoms in total. The predicted octanol–water partition coefficient (Wildman–Crippen LogP) is 3.45. The fourth-order valence-corrected chi connectivity index (χ4v) is 1.47. The van der Waals surface area contributed by atoms with Crippen molar-refractivity contribution in [3.63, 3.8) is 0 Å². The molecule has 0 aliphatic rings. The van der Waals surface area contributed by atoms with Gasteiger partial charge in [-0.1, -0.05) is 24.3 Å². The fourth-order valence-electron chi connectivity index (χ4n) is 1.29. The molecule has 0 spiro atoms. The zero-order chi connectivity index (χ0) is 10.7. The molecule has 2 rings (SSSR count). The SMILES string of the molecule is C=Cc1cc(Cl)ccc1Nc1cnc[nH]1. The van der Waals surface area contributed by atoms with Gasteiger partial charge in [0.1, 0.15) is 5.82 Å². The second-order valence-electron chi connectivity index (χ2n) is 3.03. The number of hydrogen-bond donors (Lipinski definition) is 2. The predicted molar refractivity (Wildman–Crippen MR) is 63.4 cm³/mol. The molecule has 1 aromatic heterocycles. The van der Waals surface area contributed by atoms with Crippen LogP contribution in [-0.4, -0.2) is 9.97 Å². The Morgan fingerprint density at radius 1 is 1.47 bits per heavy atom. The van der Waals surface area contributed by atoms with Crippen LogP contribution in [0.5, 0.6) is 0 Å². The Balaban J connectivity index is 2.32. The maximum absolute atomic E-state index is 5.88. The van der Waals surface area contributed by atoms with E-state index in [4.69, 9.17) is 11.6 Å². The molecule has 0 bridgehead atoms. The van der Waals surface area contributed by atoms with Gasteiger partial charge in [-0.2, -0.15) is 0 Å². The first-order valence-electron chi connectivity index (χ1n) is 4.47. The van der Waals surface area contributed by atoms with Crippen LogP contribution in [0, 0.1) is 0 Å². The van der Waals surface area contributed by atoms with Crippen molar-refractivity contribution < 1.29 is 0 Å². The summed E-state index contributed by atoms with van der Waals surface area (Å²) in [5.74, 6) is 0.834. The van der Waals surface area contributed by atoms with Crippen LogP contribution in [0.3, 0.4) is 0 Å². The number of benzene rings is 1. The van der Waals surface area contributed by atoms with Crippen LogP contribution in [-0.2, 0) is 0 Å². The Bertz CT molecular complexity index is 463. The van der Waals surface area contributed by atoms with Crippen molar-refractivity contribution in [2.45, 2.75) is 0 Å². The number of aromatic nitrogens is 2. The Hall–Kier alpha value is -1.74. The Morgan fingerprint density at radius 3 is 3.00 bits per heavy atom. The van der Waals surface area contributed by atoms with E-state index in [0.29, 0.717) is 5.02 Å². The van der Waals surface area contributed by atoms with E-state index >= 15 is 0 Å². The number of hydrogen-bond acceptors (Lipinski definition) is 2. The third-order valence-electron chi connectivity index (χ3n) is 2.00. The lowest BCUT2D eigenvalue weighted by Gasteiger charge is -2.07. The highest BCUT2D eigenvalue weighted by atomic mass is 35.5. The first-order chi connectivity index (χ1) is 7.29. The maximum atomic E-state index is 5.88. The van der Waals surface area contributed by atoms with Gasteiger partial charge in [0.25, 0.3) is 0 Å². The second-order valence-corrected chi connectivity index (χ2v) is 3.46. The molecule has 0 radical (unpaired) electrons. The molecule has 0 fully saturated rings. The molecule has 0 unspecified atom stereocenters. The van der Waals surface area contributed by atoms with Crippen molar-refractivity contribution in [2.24, 2.45) is 0 Å². The highest BCUT2D eigenvalue weighted by molar-refractivity contribution is 6.30. The quantitative estimate of drug-likeness (QED) is 0.830.